The number of hydrogen-bond acceptors (Lipinski definition) is 1. The Kier molecular flexibility index (Phi) is 7.37. The lowest BCUT2D eigenvalue weighted by Gasteiger charge is -2.29. The highest BCUT2D eigenvalue weighted by molar-refractivity contribution is 6.03. The number of fused-ring (bicyclic) bond motifs is 2. The molecule has 0 aliphatic heterocycles. The van der Waals surface area contributed by atoms with Gasteiger partial charge >= 0.3 is 0 Å². The van der Waals surface area contributed by atoms with E-state index < -0.39 is 0 Å². The van der Waals surface area contributed by atoms with Gasteiger partial charge in [-0.3, -0.25) is 0 Å². The maximum absolute atomic E-state index is 2.42. The van der Waals surface area contributed by atoms with Gasteiger partial charge in [-0.05, 0) is 99.0 Å². The number of anilines is 3. The normalized spacial score (nSPS) is 13.7. The van der Waals surface area contributed by atoms with Crippen LogP contribution in [0.5, 0.6) is 0 Å². The highest BCUT2D eigenvalue weighted by atomic mass is 15.1. The third-order valence-electron chi connectivity index (χ3n) is 9.64. The summed E-state index contributed by atoms with van der Waals surface area (Å²) in [7, 11) is 0. The molecule has 0 spiro atoms. The molecular formula is C44H37N. The van der Waals surface area contributed by atoms with Crippen LogP contribution in [0.2, 0.25) is 0 Å². The van der Waals surface area contributed by atoms with Gasteiger partial charge in [-0.25, -0.2) is 0 Å². The van der Waals surface area contributed by atoms with Crippen molar-refractivity contribution < 1.29 is 0 Å². The Morgan fingerprint density at radius 1 is 0.422 bits per heavy atom. The standard InChI is InChI=1S/C44H37N/c1-3-14-34(15-4-1)40-22-11-17-35-18-12-23-42(44(35)40)41-21-9-10-24-43(41)45(38-19-5-2-6-20-38)39-29-27-33(28-30-39)37-26-25-32-13-7-8-16-36(32)31-37/h2,5-13,16-31,34H,1,3-4,14-15H2. The van der Waals surface area contributed by atoms with Gasteiger partial charge in [0.05, 0.1) is 5.69 Å². The van der Waals surface area contributed by atoms with Crippen LogP contribution in [0.4, 0.5) is 17.1 Å². The molecule has 0 bridgehead atoms. The van der Waals surface area contributed by atoms with Crippen molar-refractivity contribution in [1.82, 2.24) is 0 Å². The molecule has 0 unspecified atom stereocenters. The molecule has 1 nitrogen and oxygen atoms in total. The largest absolute Gasteiger partial charge is 0.310 e. The van der Waals surface area contributed by atoms with Gasteiger partial charge in [0.15, 0.2) is 0 Å². The van der Waals surface area contributed by atoms with Crippen LogP contribution in [-0.4, -0.2) is 0 Å². The Balaban J connectivity index is 1.26. The van der Waals surface area contributed by atoms with Crippen LogP contribution in [0.1, 0.15) is 43.6 Å². The fourth-order valence-electron chi connectivity index (χ4n) is 7.42. The molecule has 0 N–H and O–H groups in total. The maximum atomic E-state index is 2.42. The minimum Gasteiger partial charge on any atom is -0.310 e. The van der Waals surface area contributed by atoms with E-state index in [0.29, 0.717) is 5.92 Å². The SMILES string of the molecule is c1ccc(N(c2ccc(-c3ccc4ccccc4c3)cc2)c2ccccc2-c2cccc3cccc(C4CCCCC4)c23)cc1. The topological polar surface area (TPSA) is 3.24 Å². The summed E-state index contributed by atoms with van der Waals surface area (Å²) in [6.07, 6.45) is 6.60. The summed E-state index contributed by atoms with van der Waals surface area (Å²) in [4.78, 5) is 2.42. The fourth-order valence-corrected chi connectivity index (χ4v) is 7.42. The second kappa shape index (κ2) is 12.1. The van der Waals surface area contributed by atoms with Crippen molar-refractivity contribution in [2.45, 2.75) is 38.0 Å². The van der Waals surface area contributed by atoms with Gasteiger partial charge in [0, 0.05) is 16.9 Å². The van der Waals surface area contributed by atoms with Crippen LogP contribution >= 0.6 is 0 Å². The Morgan fingerprint density at radius 3 is 1.87 bits per heavy atom. The summed E-state index contributed by atoms with van der Waals surface area (Å²) in [5, 5.41) is 5.28. The number of rotatable bonds is 6. The fraction of sp³-hybridized carbons (Fsp3) is 0.136. The van der Waals surface area contributed by atoms with Crippen LogP contribution in [0, 0.1) is 0 Å². The van der Waals surface area contributed by atoms with Crippen LogP contribution in [0.3, 0.4) is 0 Å². The second-order valence-electron chi connectivity index (χ2n) is 12.4. The van der Waals surface area contributed by atoms with E-state index >= 15 is 0 Å². The van der Waals surface area contributed by atoms with Crippen LogP contribution in [0.15, 0.2) is 158 Å². The van der Waals surface area contributed by atoms with Gasteiger partial charge in [-0.2, -0.15) is 0 Å². The molecule has 1 aliphatic rings. The Hall–Kier alpha value is -5.14. The molecule has 0 amide bonds. The molecule has 8 rings (SSSR count). The number of para-hydroxylation sites is 2. The molecule has 1 aliphatic carbocycles. The smallest absolute Gasteiger partial charge is 0.0540 e. The first-order valence-electron chi connectivity index (χ1n) is 16.4. The summed E-state index contributed by atoms with van der Waals surface area (Å²) < 4.78 is 0. The van der Waals surface area contributed by atoms with Crippen LogP contribution in [0.25, 0.3) is 43.8 Å². The van der Waals surface area contributed by atoms with E-state index in [-0.39, 0.29) is 0 Å². The van der Waals surface area contributed by atoms with Gasteiger partial charge in [-0.15, -0.1) is 0 Å². The molecule has 1 heteroatoms. The zero-order valence-corrected chi connectivity index (χ0v) is 25.6. The Bertz CT molecular complexity index is 2080. The third kappa shape index (κ3) is 5.29. The highest BCUT2D eigenvalue weighted by Gasteiger charge is 2.22. The second-order valence-corrected chi connectivity index (χ2v) is 12.4. The van der Waals surface area contributed by atoms with E-state index in [1.165, 1.54) is 87.2 Å². The third-order valence-corrected chi connectivity index (χ3v) is 9.64. The molecule has 0 heterocycles. The Morgan fingerprint density at radius 2 is 1.04 bits per heavy atom. The molecule has 0 saturated heterocycles. The summed E-state index contributed by atoms with van der Waals surface area (Å²) >= 11 is 0. The Labute approximate surface area is 266 Å². The van der Waals surface area contributed by atoms with Crippen molar-refractivity contribution in [1.29, 1.82) is 0 Å². The number of hydrogen-bond donors (Lipinski definition) is 0. The van der Waals surface area contributed by atoms with E-state index in [2.05, 4.69) is 163 Å². The maximum Gasteiger partial charge on any atom is 0.0540 e. The van der Waals surface area contributed by atoms with Crippen molar-refractivity contribution in [3.63, 3.8) is 0 Å². The van der Waals surface area contributed by atoms with E-state index in [1.807, 2.05) is 0 Å². The van der Waals surface area contributed by atoms with E-state index in [4.69, 9.17) is 0 Å². The minimum absolute atomic E-state index is 0.628. The van der Waals surface area contributed by atoms with E-state index in [0.717, 1.165) is 11.4 Å². The van der Waals surface area contributed by atoms with Gasteiger partial charge in [0.1, 0.15) is 0 Å². The molecule has 0 aromatic heterocycles. The molecule has 218 valence electrons. The molecule has 7 aromatic rings. The minimum atomic E-state index is 0.628. The lowest BCUT2D eigenvalue weighted by molar-refractivity contribution is 0.445. The van der Waals surface area contributed by atoms with E-state index in [9.17, 15) is 0 Å². The summed E-state index contributed by atoms with van der Waals surface area (Å²) in [5.74, 6) is 0.628. The lowest BCUT2D eigenvalue weighted by Crippen LogP contribution is -2.11. The average Bonchev–Trinajstić information content (AvgIpc) is 3.12. The predicted octanol–water partition coefficient (Wildman–Crippen LogP) is 12.8. The molecule has 45 heavy (non-hydrogen) atoms. The first kappa shape index (κ1) is 27.4. The molecule has 7 aromatic carbocycles. The first-order chi connectivity index (χ1) is 22.3. The van der Waals surface area contributed by atoms with Gasteiger partial charge in [-0.1, -0.05) is 141 Å². The van der Waals surface area contributed by atoms with Crippen molar-refractivity contribution in [3.05, 3.63) is 163 Å². The van der Waals surface area contributed by atoms with Crippen LogP contribution in [-0.2, 0) is 0 Å². The predicted molar refractivity (Wildman–Crippen MR) is 193 cm³/mol. The van der Waals surface area contributed by atoms with Crippen molar-refractivity contribution >= 4 is 38.6 Å². The van der Waals surface area contributed by atoms with Gasteiger partial charge in [0.25, 0.3) is 0 Å². The molecular weight excluding hydrogens is 542 g/mol. The lowest BCUT2D eigenvalue weighted by atomic mass is 9.80. The number of benzene rings is 7. The van der Waals surface area contributed by atoms with Crippen molar-refractivity contribution in [2.75, 3.05) is 4.90 Å². The van der Waals surface area contributed by atoms with Gasteiger partial charge in [0.2, 0.25) is 0 Å². The van der Waals surface area contributed by atoms with Crippen LogP contribution < -0.4 is 4.90 Å². The first-order valence-corrected chi connectivity index (χ1v) is 16.4. The summed E-state index contributed by atoms with van der Waals surface area (Å²) in [5.41, 5.74) is 10.0. The quantitative estimate of drug-likeness (QED) is 0.189. The molecule has 0 atom stereocenters. The summed E-state index contributed by atoms with van der Waals surface area (Å²) in [6, 6.07) is 57.9. The average molecular weight is 580 g/mol. The van der Waals surface area contributed by atoms with Gasteiger partial charge < -0.3 is 4.90 Å². The zero-order chi connectivity index (χ0) is 30.0. The zero-order valence-electron chi connectivity index (χ0n) is 25.6. The highest BCUT2D eigenvalue weighted by Crippen LogP contribution is 2.45. The number of nitrogens with zero attached hydrogens (tertiary/aromatic N) is 1. The summed E-state index contributed by atoms with van der Waals surface area (Å²) in [6.45, 7) is 0. The molecule has 1 saturated carbocycles. The van der Waals surface area contributed by atoms with E-state index in [1.54, 1.807) is 0 Å². The van der Waals surface area contributed by atoms with Crippen molar-refractivity contribution in [3.8, 4) is 22.3 Å². The molecule has 0 radical (unpaired) electrons. The molecule has 1 fully saturated rings. The van der Waals surface area contributed by atoms with Crippen molar-refractivity contribution in [2.24, 2.45) is 0 Å². The monoisotopic (exact) mass is 579 g/mol.